The second-order valence-electron chi connectivity index (χ2n) is 6.86. The average molecular weight is 472 g/mol. The smallest absolute Gasteiger partial charge is 0.344 e. The molecule has 2 aromatic heterocycles. The number of rotatable bonds is 5. The Morgan fingerprint density at radius 2 is 1.55 bits per heavy atom. The number of benzene rings is 1. The lowest BCUT2D eigenvalue weighted by Gasteiger charge is -2.17. The molecule has 0 aliphatic rings. The molecular formula is C19H14F6N6O2. The predicted octanol–water partition coefficient (Wildman–Crippen LogP) is 3.79. The highest BCUT2D eigenvalue weighted by Gasteiger charge is 2.37. The lowest BCUT2D eigenvalue weighted by atomic mass is 10.0. The Hall–Kier alpha value is -3.84. The first-order chi connectivity index (χ1) is 15.3. The summed E-state index contributed by atoms with van der Waals surface area (Å²) >= 11 is 0. The quantitative estimate of drug-likeness (QED) is 0.448. The normalized spacial score (nSPS) is 13.0. The monoisotopic (exact) mass is 472 g/mol. The van der Waals surface area contributed by atoms with Crippen LogP contribution in [0, 0.1) is 0 Å². The van der Waals surface area contributed by atoms with Crippen molar-refractivity contribution in [1.29, 1.82) is 0 Å². The summed E-state index contributed by atoms with van der Waals surface area (Å²) in [4.78, 5) is 32.1. The molecule has 3 aromatic rings. The zero-order valence-electron chi connectivity index (χ0n) is 16.9. The Bertz CT molecular complexity index is 1170. The number of nitrogens with one attached hydrogen (secondary N) is 1. The van der Waals surface area contributed by atoms with Gasteiger partial charge in [0, 0.05) is 24.9 Å². The number of carbonyl (C=O) groups excluding carboxylic acids is 2. The number of carbonyl (C=O) groups is 2. The van der Waals surface area contributed by atoms with Gasteiger partial charge in [-0.1, -0.05) is 5.21 Å². The van der Waals surface area contributed by atoms with Crippen molar-refractivity contribution in [3.63, 3.8) is 0 Å². The van der Waals surface area contributed by atoms with E-state index in [0.29, 0.717) is 12.1 Å². The summed E-state index contributed by atoms with van der Waals surface area (Å²) in [6.07, 6.45) is -6.39. The van der Waals surface area contributed by atoms with E-state index >= 15 is 0 Å². The molecule has 1 unspecified atom stereocenters. The molecule has 33 heavy (non-hydrogen) atoms. The second kappa shape index (κ2) is 8.60. The van der Waals surface area contributed by atoms with Crippen LogP contribution in [0.2, 0.25) is 0 Å². The molecule has 8 nitrogen and oxygen atoms in total. The molecule has 1 atom stereocenters. The molecule has 0 bridgehead atoms. The Morgan fingerprint density at radius 1 is 0.970 bits per heavy atom. The number of nitrogens with zero attached hydrogens (tertiary/aromatic N) is 5. The SMILES string of the molecule is CC(=O)c1cn(-c2nccnc2C(C)NC(=O)c2cc(C(F)(F)F)cc(C(F)(F)F)c2)nn1. The molecular weight excluding hydrogens is 458 g/mol. The first-order valence-electron chi connectivity index (χ1n) is 9.12. The van der Waals surface area contributed by atoms with Crippen LogP contribution < -0.4 is 5.32 Å². The third kappa shape index (κ3) is 5.32. The molecule has 0 fully saturated rings. The van der Waals surface area contributed by atoms with Crippen LogP contribution in [0.15, 0.2) is 36.8 Å². The zero-order chi connectivity index (χ0) is 24.6. The van der Waals surface area contributed by atoms with Gasteiger partial charge in [0.2, 0.25) is 0 Å². The minimum absolute atomic E-state index is 0.0203. The van der Waals surface area contributed by atoms with E-state index in [1.807, 2.05) is 0 Å². The summed E-state index contributed by atoms with van der Waals surface area (Å²) in [5.41, 5.74) is -3.97. The van der Waals surface area contributed by atoms with Crippen molar-refractivity contribution in [2.75, 3.05) is 0 Å². The standard InChI is InChI=1S/C19H14F6N6O2/c1-9(15-16(27-4-3-26-15)31-8-14(10(2)32)29-30-31)28-17(33)11-5-12(18(20,21)22)7-13(6-11)19(23,24)25/h3-9H,1-2H3,(H,28,33). The van der Waals surface area contributed by atoms with Crippen LogP contribution in [0.4, 0.5) is 26.3 Å². The highest BCUT2D eigenvalue weighted by Crippen LogP contribution is 2.36. The third-order valence-electron chi connectivity index (χ3n) is 4.38. The van der Waals surface area contributed by atoms with Gasteiger partial charge in [-0.3, -0.25) is 14.6 Å². The molecule has 14 heteroatoms. The average Bonchev–Trinajstić information content (AvgIpc) is 3.22. The lowest BCUT2D eigenvalue weighted by molar-refractivity contribution is -0.143. The van der Waals surface area contributed by atoms with E-state index in [0.717, 1.165) is 4.68 Å². The van der Waals surface area contributed by atoms with E-state index in [1.54, 1.807) is 0 Å². The fourth-order valence-electron chi connectivity index (χ4n) is 2.79. The van der Waals surface area contributed by atoms with Crippen molar-refractivity contribution in [3.05, 3.63) is 64.9 Å². The lowest BCUT2D eigenvalue weighted by Crippen LogP contribution is -2.29. The van der Waals surface area contributed by atoms with Crippen LogP contribution in [0.3, 0.4) is 0 Å². The third-order valence-corrected chi connectivity index (χ3v) is 4.38. The van der Waals surface area contributed by atoms with E-state index in [2.05, 4.69) is 25.6 Å². The molecule has 0 spiro atoms. The van der Waals surface area contributed by atoms with Gasteiger partial charge < -0.3 is 5.32 Å². The van der Waals surface area contributed by atoms with E-state index in [1.165, 1.54) is 32.4 Å². The van der Waals surface area contributed by atoms with Crippen LogP contribution in [0.25, 0.3) is 5.82 Å². The van der Waals surface area contributed by atoms with Gasteiger partial charge in [-0.25, -0.2) is 4.98 Å². The Morgan fingerprint density at radius 3 is 2.06 bits per heavy atom. The Balaban J connectivity index is 1.94. The van der Waals surface area contributed by atoms with Crippen LogP contribution in [0.5, 0.6) is 0 Å². The van der Waals surface area contributed by atoms with Crippen LogP contribution >= 0.6 is 0 Å². The summed E-state index contributed by atoms with van der Waals surface area (Å²) in [6.45, 7) is 2.66. The van der Waals surface area contributed by atoms with Crippen molar-refractivity contribution in [2.45, 2.75) is 32.2 Å². The molecule has 3 rings (SSSR count). The molecule has 174 valence electrons. The van der Waals surface area contributed by atoms with Crippen molar-refractivity contribution in [1.82, 2.24) is 30.3 Å². The van der Waals surface area contributed by atoms with Crippen molar-refractivity contribution in [2.24, 2.45) is 0 Å². The Labute approximate surface area is 181 Å². The predicted molar refractivity (Wildman–Crippen MR) is 99.3 cm³/mol. The largest absolute Gasteiger partial charge is 0.416 e. The van der Waals surface area contributed by atoms with Crippen molar-refractivity contribution in [3.8, 4) is 5.82 Å². The summed E-state index contributed by atoms with van der Waals surface area (Å²) in [6, 6.07) is -0.440. The van der Waals surface area contributed by atoms with E-state index < -0.39 is 41.0 Å². The maximum atomic E-state index is 13.1. The van der Waals surface area contributed by atoms with Crippen LogP contribution in [-0.2, 0) is 12.4 Å². The molecule has 1 aromatic carbocycles. The molecule has 0 saturated heterocycles. The number of hydrogen-bond acceptors (Lipinski definition) is 6. The summed E-state index contributed by atoms with van der Waals surface area (Å²) in [7, 11) is 0. The van der Waals surface area contributed by atoms with Crippen molar-refractivity contribution < 1.29 is 35.9 Å². The van der Waals surface area contributed by atoms with Gasteiger partial charge in [0.1, 0.15) is 11.4 Å². The maximum Gasteiger partial charge on any atom is 0.416 e. The molecule has 0 aliphatic heterocycles. The number of ketones is 1. The molecule has 0 saturated carbocycles. The number of halogens is 6. The second-order valence-corrected chi connectivity index (χ2v) is 6.86. The first kappa shape index (κ1) is 23.8. The topological polar surface area (TPSA) is 103 Å². The minimum Gasteiger partial charge on any atom is -0.344 e. The van der Waals surface area contributed by atoms with Gasteiger partial charge in [0.25, 0.3) is 5.91 Å². The van der Waals surface area contributed by atoms with Gasteiger partial charge in [0.15, 0.2) is 11.6 Å². The number of Topliss-reactive ketones (excluding diaryl/α,β-unsaturated/α-hetero) is 1. The summed E-state index contributed by atoms with van der Waals surface area (Å²) in [5, 5.41) is 9.71. The van der Waals surface area contributed by atoms with Gasteiger partial charge in [-0.15, -0.1) is 5.10 Å². The Kier molecular flexibility index (Phi) is 6.20. The van der Waals surface area contributed by atoms with E-state index in [4.69, 9.17) is 0 Å². The minimum atomic E-state index is -5.10. The summed E-state index contributed by atoms with van der Waals surface area (Å²) < 4.78 is 79.5. The zero-order valence-corrected chi connectivity index (χ0v) is 16.9. The van der Waals surface area contributed by atoms with E-state index in [9.17, 15) is 35.9 Å². The number of amides is 1. The van der Waals surface area contributed by atoms with Crippen LogP contribution in [0.1, 0.15) is 57.6 Å². The number of hydrogen-bond donors (Lipinski definition) is 1. The van der Waals surface area contributed by atoms with Gasteiger partial charge in [-0.2, -0.15) is 31.0 Å². The highest BCUT2D eigenvalue weighted by molar-refractivity contribution is 5.95. The van der Waals surface area contributed by atoms with Crippen molar-refractivity contribution >= 4 is 11.7 Å². The molecule has 2 heterocycles. The molecule has 0 radical (unpaired) electrons. The maximum absolute atomic E-state index is 13.1. The fraction of sp³-hybridized carbons (Fsp3) is 0.263. The van der Waals surface area contributed by atoms with Gasteiger partial charge in [-0.05, 0) is 25.1 Å². The molecule has 1 amide bonds. The van der Waals surface area contributed by atoms with Gasteiger partial charge >= 0.3 is 12.4 Å². The molecule has 0 aliphatic carbocycles. The fourth-order valence-corrected chi connectivity index (χ4v) is 2.79. The first-order valence-corrected chi connectivity index (χ1v) is 9.12. The highest BCUT2D eigenvalue weighted by atomic mass is 19.4. The number of alkyl halides is 6. The number of aromatic nitrogens is 5. The van der Waals surface area contributed by atoms with Crippen LogP contribution in [-0.4, -0.2) is 36.7 Å². The summed E-state index contributed by atoms with van der Waals surface area (Å²) in [5.74, 6) is -1.53. The van der Waals surface area contributed by atoms with Gasteiger partial charge in [0.05, 0.1) is 23.4 Å². The molecule has 1 N–H and O–H groups in total. The van der Waals surface area contributed by atoms with E-state index in [-0.39, 0.29) is 29.1 Å².